The van der Waals surface area contributed by atoms with E-state index in [9.17, 15) is 4.21 Å². The molecular formula is C12H18O3S. The van der Waals surface area contributed by atoms with Crippen LogP contribution in [-0.4, -0.2) is 15.4 Å². The first-order valence-electron chi connectivity index (χ1n) is 5.43. The normalized spacial score (nSPS) is 12.8. The Kier molecular flexibility index (Phi) is 4.96. The summed E-state index contributed by atoms with van der Waals surface area (Å²) in [6, 6.07) is 5.15. The average molecular weight is 242 g/mol. The fraction of sp³-hybridized carbons (Fsp3) is 0.500. The molecule has 1 N–H and O–H groups in total. The third-order valence-electron chi connectivity index (χ3n) is 2.27. The molecule has 0 aromatic heterocycles. The van der Waals surface area contributed by atoms with E-state index in [1.165, 1.54) is 0 Å². The van der Waals surface area contributed by atoms with Gasteiger partial charge in [-0.3, -0.25) is 0 Å². The lowest BCUT2D eigenvalue weighted by Crippen LogP contribution is -2.01. The molecule has 0 spiro atoms. The minimum Gasteiger partial charge on any atom is -0.493 e. The summed E-state index contributed by atoms with van der Waals surface area (Å²) in [5.41, 5.74) is 0.980. The van der Waals surface area contributed by atoms with Crippen LogP contribution in [0.15, 0.2) is 23.1 Å². The molecule has 0 bridgehead atoms. The Hall–Kier alpha value is -0.870. The summed E-state index contributed by atoms with van der Waals surface area (Å²) in [6.45, 7) is 6.80. The van der Waals surface area contributed by atoms with Crippen LogP contribution in [0.2, 0.25) is 0 Å². The van der Waals surface area contributed by atoms with Crippen LogP contribution < -0.4 is 4.74 Å². The van der Waals surface area contributed by atoms with Gasteiger partial charge in [-0.05, 0) is 36.1 Å². The zero-order valence-electron chi connectivity index (χ0n) is 9.90. The zero-order valence-corrected chi connectivity index (χ0v) is 10.7. The van der Waals surface area contributed by atoms with Crippen LogP contribution in [0.4, 0.5) is 0 Å². The van der Waals surface area contributed by atoms with E-state index in [0.29, 0.717) is 11.5 Å². The highest BCUT2D eigenvalue weighted by Crippen LogP contribution is 2.28. The molecule has 90 valence electrons. The highest BCUT2D eigenvalue weighted by atomic mass is 32.2. The number of ether oxygens (including phenoxy) is 1. The van der Waals surface area contributed by atoms with Gasteiger partial charge >= 0.3 is 0 Å². The molecule has 0 saturated carbocycles. The summed E-state index contributed by atoms with van der Waals surface area (Å²) in [7, 11) is 0. The van der Waals surface area contributed by atoms with Gasteiger partial charge in [0.2, 0.25) is 0 Å². The predicted molar refractivity (Wildman–Crippen MR) is 65.4 cm³/mol. The van der Waals surface area contributed by atoms with Crippen molar-refractivity contribution in [3.63, 3.8) is 0 Å². The summed E-state index contributed by atoms with van der Waals surface area (Å²) >= 11 is -1.93. The lowest BCUT2D eigenvalue weighted by molar-refractivity contribution is 0.312. The summed E-state index contributed by atoms with van der Waals surface area (Å²) in [5, 5.41) is 0. The van der Waals surface area contributed by atoms with Gasteiger partial charge in [-0.1, -0.05) is 20.8 Å². The molecule has 0 saturated heterocycles. The molecule has 1 atom stereocenters. The molecule has 3 nitrogen and oxygen atoms in total. The van der Waals surface area contributed by atoms with Crippen LogP contribution in [0.5, 0.6) is 5.75 Å². The first-order valence-corrected chi connectivity index (χ1v) is 6.54. The van der Waals surface area contributed by atoms with Gasteiger partial charge in [0, 0.05) is 0 Å². The lowest BCUT2D eigenvalue weighted by atomic mass is 10.0. The van der Waals surface area contributed by atoms with Crippen LogP contribution in [0.3, 0.4) is 0 Å². The number of hydrogen-bond donors (Lipinski definition) is 1. The first kappa shape index (κ1) is 13.2. The minimum absolute atomic E-state index is 0.273. The first-order chi connectivity index (χ1) is 7.56. The Bertz CT molecular complexity index is 375. The van der Waals surface area contributed by atoms with Gasteiger partial charge < -0.3 is 9.29 Å². The Morgan fingerprint density at radius 1 is 1.44 bits per heavy atom. The standard InChI is InChI=1S/C12H18O3S/c1-4-7-15-12-6-5-10(16(13)14)8-11(12)9(2)3/h5-6,8-9H,4,7H2,1-3H3,(H,13,14). The molecule has 0 amide bonds. The predicted octanol–water partition coefficient (Wildman–Crippen LogP) is 3.18. The molecule has 4 heteroatoms. The van der Waals surface area contributed by atoms with Crippen molar-refractivity contribution >= 4 is 11.1 Å². The van der Waals surface area contributed by atoms with E-state index in [4.69, 9.17) is 9.29 Å². The quantitative estimate of drug-likeness (QED) is 0.807. The van der Waals surface area contributed by atoms with Gasteiger partial charge in [-0.2, -0.15) is 0 Å². The van der Waals surface area contributed by atoms with Crippen molar-refractivity contribution in [2.24, 2.45) is 0 Å². The molecular weight excluding hydrogens is 224 g/mol. The third kappa shape index (κ3) is 3.32. The molecule has 0 aliphatic carbocycles. The lowest BCUT2D eigenvalue weighted by Gasteiger charge is -2.14. The minimum atomic E-state index is -1.93. The number of hydrogen-bond acceptors (Lipinski definition) is 2. The Morgan fingerprint density at radius 3 is 2.62 bits per heavy atom. The maximum absolute atomic E-state index is 11.0. The van der Waals surface area contributed by atoms with E-state index in [2.05, 4.69) is 0 Å². The number of benzene rings is 1. The van der Waals surface area contributed by atoms with Crippen LogP contribution in [0, 0.1) is 0 Å². The van der Waals surface area contributed by atoms with Gasteiger partial charge in [0.25, 0.3) is 0 Å². The van der Waals surface area contributed by atoms with Crippen molar-refractivity contribution in [3.05, 3.63) is 23.8 Å². The topological polar surface area (TPSA) is 46.5 Å². The fourth-order valence-electron chi connectivity index (χ4n) is 1.43. The highest BCUT2D eigenvalue weighted by molar-refractivity contribution is 7.79. The van der Waals surface area contributed by atoms with E-state index < -0.39 is 11.1 Å². The van der Waals surface area contributed by atoms with Gasteiger partial charge in [0.15, 0.2) is 11.1 Å². The maximum atomic E-state index is 11.0. The van der Waals surface area contributed by atoms with E-state index in [1.807, 2.05) is 20.8 Å². The van der Waals surface area contributed by atoms with Gasteiger partial charge in [-0.25, -0.2) is 4.21 Å². The molecule has 16 heavy (non-hydrogen) atoms. The molecule has 1 unspecified atom stereocenters. The smallest absolute Gasteiger partial charge is 0.186 e. The van der Waals surface area contributed by atoms with Gasteiger partial charge in [0.1, 0.15) is 5.75 Å². The molecule has 1 rings (SSSR count). The Morgan fingerprint density at radius 2 is 2.12 bits per heavy atom. The highest BCUT2D eigenvalue weighted by Gasteiger charge is 2.11. The van der Waals surface area contributed by atoms with Crippen molar-refractivity contribution in [2.45, 2.75) is 38.0 Å². The second kappa shape index (κ2) is 6.01. The maximum Gasteiger partial charge on any atom is 0.186 e. The molecule has 0 heterocycles. The van der Waals surface area contributed by atoms with E-state index in [-0.39, 0.29) is 5.92 Å². The molecule has 1 aromatic rings. The molecule has 0 fully saturated rings. The molecule has 0 aliphatic rings. The van der Waals surface area contributed by atoms with Crippen molar-refractivity contribution in [1.82, 2.24) is 0 Å². The van der Waals surface area contributed by atoms with Crippen LogP contribution >= 0.6 is 0 Å². The zero-order chi connectivity index (χ0) is 12.1. The summed E-state index contributed by atoms with van der Waals surface area (Å²) in [6.07, 6.45) is 0.950. The van der Waals surface area contributed by atoms with Crippen molar-refractivity contribution in [2.75, 3.05) is 6.61 Å². The van der Waals surface area contributed by atoms with Crippen LogP contribution in [-0.2, 0) is 11.1 Å². The van der Waals surface area contributed by atoms with Crippen molar-refractivity contribution in [1.29, 1.82) is 0 Å². The van der Waals surface area contributed by atoms with Crippen molar-refractivity contribution in [3.8, 4) is 5.75 Å². The number of rotatable bonds is 5. The molecule has 1 aromatic carbocycles. The summed E-state index contributed by atoms with van der Waals surface area (Å²) < 4.78 is 25.6. The summed E-state index contributed by atoms with van der Waals surface area (Å²) in [5.74, 6) is 1.08. The largest absolute Gasteiger partial charge is 0.493 e. The van der Waals surface area contributed by atoms with Gasteiger partial charge in [0.05, 0.1) is 11.5 Å². The van der Waals surface area contributed by atoms with E-state index in [0.717, 1.165) is 17.7 Å². The Labute approximate surface area is 99.1 Å². The third-order valence-corrected chi connectivity index (χ3v) is 2.92. The van der Waals surface area contributed by atoms with Crippen molar-refractivity contribution < 1.29 is 13.5 Å². The van der Waals surface area contributed by atoms with Gasteiger partial charge in [-0.15, -0.1) is 0 Å². The average Bonchev–Trinajstić information content (AvgIpc) is 2.25. The molecule has 0 radical (unpaired) electrons. The summed E-state index contributed by atoms with van der Waals surface area (Å²) in [4.78, 5) is 0.424. The molecule has 0 aliphatic heterocycles. The second-order valence-corrected chi connectivity index (χ2v) is 4.92. The van der Waals surface area contributed by atoms with E-state index in [1.54, 1.807) is 18.2 Å². The fourth-order valence-corrected chi connectivity index (χ4v) is 1.84. The SMILES string of the molecule is CCCOc1ccc(S(=O)O)cc1C(C)C. The second-order valence-electron chi connectivity index (χ2n) is 3.95. The van der Waals surface area contributed by atoms with Crippen LogP contribution in [0.25, 0.3) is 0 Å². The van der Waals surface area contributed by atoms with Crippen LogP contribution in [0.1, 0.15) is 38.7 Å². The Balaban J connectivity index is 3.04. The monoisotopic (exact) mass is 242 g/mol. The van der Waals surface area contributed by atoms with E-state index >= 15 is 0 Å².